The summed E-state index contributed by atoms with van der Waals surface area (Å²) in [5.74, 6) is 5.91. The Bertz CT molecular complexity index is 491. The molecular formula is C13H13FN2O. The minimum atomic E-state index is -0.432. The first-order chi connectivity index (χ1) is 8.20. The zero-order chi connectivity index (χ0) is 12.3. The SMILES string of the molecule is Cc1cc(Oc2ccccc2)cc(F)c1NN. The molecule has 0 aliphatic heterocycles. The molecule has 0 saturated heterocycles. The molecule has 4 heteroatoms. The molecule has 0 heterocycles. The standard InChI is InChI=1S/C13H13FN2O/c1-9-7-11(8-12(14)13(9)16-15)17-10-5-3-2-4-6-10/h2-8,16H,15H2,1H3. The van der Waals surface area contributed by atoms with Crippen LogP contribution in [0.3, 0.4) is 0 Å². The van der Waals surface area contributed by atoms with E-state index in [2.05, 4.69) is 5.43 Å². The predicted octanol–water partition coefficient (Wildman–Crippen LogP) is 3.21. The first-order valence-electron chi connectivity index (χ1n) is 5.20. The third kappa shape index (κ3) is 2.54. The van der Waals surface area contributed by atoms with Gasteiger partial charge in [0.15, 0.2) is 5.82 Å². The highest BCUT2D eigenvalue weighted by Gasteiger charge is 2.08. The molecule has 2 aromatic carbocycles. The van der Waals surface area contributed by atoms with Gasteiger partial charge in [-0.05, 0) is 30.7 Å². The van der Waals surface area contributed by atoms with Crippen LogP contribution in [0, 0.1) is 12.7 Å². The minimum absolute atomic E-state index is 0.283. The van der Waals surface area contributed by atoms with Crippen molar-refractivity contribution in [1.82, 2.24) is 0 Å². The van der Waals surface area contributed by atoms with E-state index in [9.17, 15) is 4.39 Å². The topological polar surface area (TPSA) is 47.3 Å². The van der Waals surface area contributed by atoms with Crippen LogP contribution in [-0.4, -0.2) is 0 Å². The Morgan fingerprint density at radius 3 is 2.41 bits per heavy atom. The van der Waals surface area contributed by atoms with Crippen molar-refractivity contribution >= 4 is 5.69 Å². The largest absolute Gasteiger partial charge is 0.457 e. The molecule has 0 fully saturated rings. The van der Waals surface area contributed by atoms with Crippen LogP contribution in [0.2, 0.25) is 0 Å². The molecule has 0 aromatic heterocycles. The van der Waals surface area contributed by atoms with Crippen molar-refractivity contribution in [2.45, 2.75) is 6.92 Å². The fourth-order valence-corrected chi connectivity index (χ4v) is 1.58. The van der Waals surface area contributed by atoms with Crippen molar-refractivity contribution in [2.24, 2.45) is 5.84 Å². The van der Waals surface area contributed by atoms with Gasteiger partial charge in [0.25, 0.3) is 0 Å². The summed E-state index contributed by atoms with van der Waals surface area (Å²) < 4.78 is 19.1. The summed E-state index contributed by atoms with van der Waals surface area (Å²) >= 11 is 0. The zero-order valence-corrected chi connectivity index (χ0v) is 9.41. The van der Waals surface area contributed by atoms with Crippen LogP contribution in [0.1, 0.15) is 5.56 Å². The Kier molecular flexibility index (Phi) is 3.25. The highest BCUT2D eigenvalue weighted by molar-refractivity contribution is 5.54. The number of anilines is 1. The number of hydrogen-bond donors (Lipinski definition) is 2. The Morgan fingerprint density at radius 1 is 1.12 bits per heavy atom. The van der Waals surface area contributed by atoms with Crippen molar-refractivity contribution < 1.29 is 9.13 Å². The lowest BCUT2D eigenvalue weighted by molar-refractivity contribution is 0.476. The Hall–Kier alpha value is -2.07. The number of rotatable bonds is 3. The lowest BCUT2D eigenvalue weighted by Gasteiger charge is -2.10. The first-order valence-corrected chi connectivity index (χ1v) is 5.20. The lowest BCUT2D eigenvalue weighted by Crippen LogP contribution is -2.10. The van der Waals surface area contributed by atoms with Crippen LogP contribution in [0.4, 0.5) is 10.1 Å². The van der Waals surface area contributed by atoms with Gasteiger partial charge in [0, 0.05) is 6.07 Å². The van der Waals surface area contributed by atoms with Crippen LogP contribution in [0.5, 0.6) is 11.5 Å². The van der Waals surface area contributed by atoms with Gasteiger partial charge in [-0.1, -0.05) is 18.2 Å². The van der Waals surface area contributed by atoms with Gasteiger partial charge >= 0.3 is 0 Å². The van der Waals surface area contributed by atoms with E-state index >= 15 is 0 Å². The summed E-state index contributed by atoms with van der Waals surface area (Å²) in [6, 6.07) is 12.2. The Morgan fingerprint density at radius 2 is 1.82 bits per heavy atom. The molecule has 0 radical (unpaired) electrons. The maximum absolute atomic E-state index is 13.6. The first kappa shape index (κ1) is 11.4. The van der Waals surface area contributed by atoms with Crippen LogP contribution < -0.4 is 16.0 Å². The number of nitrogens with two attached hydrogens (primary N) is 1. The van der Waals surface area contributed by atoms with E-state index in [1.54, 1.807) is 13.0 Å². The van der Waals surface area contributed by atoms with Crippen molar-refractivity contribution in [3.8, 4) is 11.5 Å². The number of ether oxygens (including phenoxy) is 1. The average molecular weight is 232 g/mol. The Balaban J connectivity index is 2.29. The average Bonchev–Trinajstić information content (AvgIpc) is 2.30. The number of nitrogen functional groups attached to an aromatic ring is 1. The van der Waals surface area contributed by atoms with Gasteiger partial charge in [0.1, 0.15) is 11.5 Å². The Labute approximate surface area is 99.0 Å². The number of aryl methyl sites for hydroxylation is 1. The summed E-state index contributed by atoms with van der Waals surface area (Å²) in [5, 5.41) is 0. The highest BCUT2D eigenvalue weighted by atomic mass is 19.1. The van der Waals surface area contributed by atoms with Crippen molar-refractivity contribution in [1.29, 1.82) is 0 Å². The number of halogens is 1. The number of hydrazine groups is 1. The summed E-state index contributed by atoms with van der Waals surface area (Å²) in [7, 11) is 0. The van der Waals surface area contributed by atoms with Gasteiger partial charge in [-0.3, -0.25) is 5.84 Å². The number of benzene rings is 2. The molecule has 2 aromatic rings. The second-order valence-electron chi connectivity index (χ2n) is 3.66. The third-order valence-corrected chi connectivity index (χ3v) is 2.38. The van der Waals surface area contributed by atoms with Gasteiger partial charge in [-0.2, -0.15) is 0 Å². The van der Waals surface area contributed by atoms with Crippen molar-refractivity contribution in [3.63, 3.8) is 0 Å². The molecule has 3 nitrogen and oxygen atoms in total. The fraction of sp³-hybridized carbons (Fsp3) is 0.0769. The molecule has 17 heavy (non-hydrogen) atoms. The van der Waals surface area contributed by atoms with E-state index in [0.29, 0.717) is 17.1 Å². The van der Waals surface area contributed by atoms with Crippen LogP contribution in [0.25, 0.3) is 0 Å². The predicted molar refractivity (Wildman–Crippen MR) is 65.5 cm³/mol. The monoisotopic (exact) mass is 232 g/mol. The van der Waals surface area contributed by atoms with Gasteiger partial charge < -0.3 is 10.2 Å². The molecule has 0 spiro atoms. The molecule has 0 saturated carbocycles. The second kappa shape index (κ2) is 4.84. The number of para-hydroxylation sites is 1. The quantitative estimate of drug-likeness (QED) is 0.631. The van der Waals surface area contributed by atoms with Crippen molar-refractivity contribution in [2.75, 3.05) is 5.43 Å². The summed E-state index contributed by atoms with van der Waals surface area (Å²) in [6.45, 7) is 1.76. The van der Waals surface area contributed by atoms with E-state index in [4.69, 9.17) is 10.6 Å². The second-order valence-corrected chi connectivity index (χ2v) is 3.66. The molecule has 0 bridgehead atoms. The van der Waals surface area contributed by atoms with Gasteiger partial charge in [0.2, 0.25) is 0 Å². The van der Waals surface area contributed by atoms with E-state index in [0.717, 1.165) is 0 Å². The summed E-state index contributed by atoms with van der Waals surface area (Å²) in [5.41, 5.74) is 3.30. The highest BCUT2D eigenvalue weighted by Crippen LogP contribution is 2.28. The van der Waals surface area contributed by atoms with Gasteiger partial charge in [0.05, 0.1) is 5.69 Å². The molecule has 3 N–H and O–H groups in total. The molecule has 88 valence electrons. The third-order valence-electron chi connectivity index (χ3n) is 2.38. The summed E-state index contributed by atoms with van der Waals surface area (Å²) in [6.07, 6.45) is 0. The minimum Gasteiger partial charge on any atom is -0.457 e. The van der Waals surface area contributed by atoms with E-state index in [-0.39, 0.29) is 5.69 Å². The summed E-state index contributed by atoms with van der Waals surface area (Å²) in [4.78, 5) is 0. The van der Waals surface area contributed by atoms with Crippen LogP contribution in [-0.2, 0) is 0 Å². The molecule has 2 rings (SSSR count). The van der Waals surface area contributed by atoms with E-state index < -0.39 is 5.82 Å². The molecular weight excluding hydrogens is 219 g/mol. The van der Waals surface area contributed by atoms with Crippen molar-refractivity contribution in [3.05, 3.63) is 53.8 Å². The normalized spacial score (nSPS) is 10.1. The zero-order valence-electron chi connectivity index (χ0n) is 9.41. The van der Waals surface area contributed by atoms with E-state index in [1.165, 1.54) is 6.07 Å². The molecule has 0 atom stereocenters. The van der Waals surface area contributed by atoms with Crippen LogP contribution in [0.15, 0.2) is 42.5 Å². The maximum Gasteiger partial charge on any atom is 0.151 e. The molecule has 0 unspecified atom stereocenters. The van der Waals surface area contributed by atoms with Gasteiger partial charge in [-0.25, -0.2) is 4.39 Å². The van der Waals surface area contributed by atoms with E-state index in [1.807, 2.05) is 30.3 Å². The number of nitrogens with one attached hydrogen (secondary N) is 1. The maximum atomic E-state index is 13.6. The smallest absolute Gasteiger partial charge is 0.151 e. The molecule has 0 amide bonds. The fourth-order valence-electron chi connectivity index (χ4n) is 1.58. The lowest BCUT2D eigenvalue weighted by atomic mass is 10.2. The molecule has 0 aliphatic carbocycles. The van der Waals surface area contributed by atoms with Gasteiger partial charge in [-0.15, -0.1) is 0 Å². The van der Waals surface area contributed by atoms with Crippen LogP contribution >= 0.6 is 0 Å². The number of hydrogen-bond acceptors (Lipinski definition) is 3. The molecule has 0 aliphatic rings.